The van der Waals surface area contributed by atoms with Crippen LogP contribution in [0.2, 0.25) is 0 Å². The van der Waals surface area contributed by atoms with Crippen LogP contribution in [0.1, 0.15) is 31.7 Å². The lowest BCUT2D eigenvalue weighted by atomic mass is 9.98. The van der Waals surface area contributed by atoms with E-state index in [1.54, 1.807) is 30.3 Å². The first-order valence-corrected chi connectivity index (χ1v) is 10.6. The van der Waals surface area contributed by atoms with Crippen molar-refractivity contribution >= 4 is 21.9 Å². The highest BCUT2D eigenvalue weighted by molar-refractivity contribution is 5.97. The number of piperidine rings is 1. The van der Waals surface area contributed by atoms with Crippen LogP contribution in [-0.4, -0.2) is 22.6 Å². The molecule has 1 N–H and O–H groups in total. The van der Waals surface area contributed by atoms with E-state index < -0.39 is 11.3 Å². The van der Waals surface area contributed by atoms with Gasteiger partial charge in [-0.05, 0) is 50.6 Å². The number of fused-ring (bicyclic) bond motifs is 2. The maximum absolute atomic E-state index is 12.7. The summed E-state index contributed by atoms with van der Waals surface area (Å²) in [5, 5.41) is 12.0. The van der Waals surface area contributed by atoms with E-state index in [1.807, 2.05) is 12.1 Å². The van der Waals surface area contributed by atoms with Crippen LogP contribution in [0.15, 0.2) is 67.0 Å². The van der Waals surface area contributed by atoms with Gasteiger partial charge in [-0.2, -0.15) is 0 Å². The van der Waals surface area contributed by atoms with Crippen molar-refractivity contribution in [3.63, 3.8) is 0 Å². The summed E-state index contributed by atoms with van der Waals surface area (Å²) in [7, 11) is 0. The third-order valence-corrected chi connectivity index (χ3v) is 6.22. The molecule has 0 bridgehead atoms. The fourth-order valence-corrected chi connectivity index (χ4v) is 4.49. The van der Waals surface area contributed by atoms with Crippen molar-refractivity contribution in [2.45, 2.75) is 38.8 Å². The molecule has 2 aromatic carbocycles. The zero-order valence-electron chi connectivity index (χ0n) is 17.3. The van der Waals surface area contributed by atoms with Crippen LogP contribution in [0.5, 0.6) is 5.75 Å². The Morgan fingerprint density at radius 1 is 1.03 bits per heavy atom. The van der Waals surface area contributed by atoms with Crippen LogP contribution >= 0.6 is 0 Å². The van der Waals surface area contributed by atoms with Crippen LogP contribution in [-0.2, 0) is 6.54 Å². The molecule has 0 saturated carbocycles. The van der Waals surface area contributed by atoms with Crippen LogP contribution < -0.4 is 11.3 Å². The summed E-state index contributed by atoms with van der Waals surface area (Å²) < 4.78 is 11.0. The topological polar surface area (TPSA) is 83.9 Å². The Labute approximate surface area is 178 Å². The summed E-state index contributed by atoms with van der Waals surface area (Å²) in [5.74, 6) is 0.0797. The molecule has 0 amide bonds. The van der Waals surface area contributed by atoms with Gasteiger partial charge in [-0.1, -0.05) is 24.6 Å². The molecule has 158 valence electrons. The first-order chi connectivity index (χ1) is 15.0. The summed E-state index contributed by atoms with van der Waals surface area (Å²) >= 11 is 0. The number of phenols is 1. The minimum absolute atomic E-state index is 0.0797. The summed E-state index contributed by atoms with van der Waals surface area (Å²) in [6.07, 6.45) is 3.39. The lowest BCUT2D eigenvalue weighted by molar-refractivity contribution is 0.151. The lowest BCUT2D eigenvalue weighted by Crippen LogP contribution is -2.36. The van der Waals surface area contributed by atoms with Gasteiger partial charge in [-0.25, -0.2) is 9.59 Å². The summed E-state index contributed by atoms with van der Waals surface area (Å²) in [4.78, 5) is 27.5. The molecular weight excluding hydrogens is 394 g/mol. The number of para-hydroxylation sites is 1. The van der Waals surface area contributed by atoms with Crippen molar-refractivity contribution in [3.8, 4) is 16.9 Å². The van der Waals surface area contributed by atoms with Crippen molar-refractivity contribution in [3.05, 3.63) is 74.9 Å². The predicted molar refractivity (Wildman–Crippen MR) is 119 cm³/mol. The van der Waals surface area contributed by atoms with Crippen LogP contribution in [0.3, 0.4) is 0 Å². The molecule has 0 spiro atoms. The molecule has 3 heterocycles. The molecule has 1 aliphatic heterocycles. The second-order valence-corrected chi connectivity index (χ2v) is 8.22. The van der Waals surface area contributed by atoms with Crippen molar-refractivity contribution in [1.82, 2.24) is 4.90 Å². The summed E-state index contributed by atoms with van der Waals surface area (Å²) in [6.45, 7) is 3.57. The molecule has 1 atom stereocenters. The molecule has 6 nitrogen and oxygen atoms in total. The van der Waals surface area contributed by atoms with E-state index in [0.717, 1.165) is 24.8 Å². The molecular formula is C25H23NO5. The van der Waals surface area contributed by atoms with Gasteiger partial charge in [-0.3, -0.25) is 4.90 Å². The maximum Gasteiger partial charge on any atom is 0.344 e. The zero-order valence-corrected chi connectivity index (χ0v) is 17.3. The standard InChI is InChI=1S/C25H23NO5/c1-15-6-4-5-11-26(15)14-20-21(27)10-9-17-18(13-23(28)31-24(17)20)19-12-16-7-2-3-8-22(16)30-25(19)29/h2-3,7-10,12-13,15,27H,4-6,11,14H2,1H3/t15-/m1/s1. The van der Waals surface area contributed by atoms with Gasteiger partial charge in [0, 0.05) is 35.0 Å². The Hall–Kier alpha value is -3.38. The highest BCUT2D eigenvalue weighted by Crippen LogP contribution is 2.34. The Morgan fingerprint density at radius 3 is 2.71 bits per heavy atom. The summed E-state index contributed by atoms with van der Waals surface area (Å²) in [6, 6.07) is 13.9. The smallest absolute Gasteiger partial charge is 0.344 e. The van der Waals surface area contributed by atoms with Gasteiger partial charge >= 0.3 is 11.3 Å². The second-order valence-electron chi connectivity index (χ2n) is 8.22. The van der Waals surface area contributed by atoms with E-state index in [-0.39, 0.29) is 5.75 Å². The minimum Gasteiger partial charge on any atom is -0.507 e. The molecule has 0 unspecified atom stereocenters. The van der Waals surface area contributed by atoms with Gasteiger partial charge in [0.25, 0.3) is 0 Å². The van der Waals surface area contributed by atoms with Gasteiger partial charge in [0.15, 0.2) is 0 Å². The number of aromatic hydroxyl groups is 1. The van der Waals surface area contributed by atoms with Crippen molar-refractivity contribution < 1.29 is 13.9 Å². The Balaban J connectivity index is 1.72. The summed E-state index contributed by atoms with van der Waals surface area (Å²) in [5.41, 5.74) is 1.00. The Kier molecular flexibility index (Phi) is 4.87. The van der Waals surface area contributed by atoms with Gasteiger partial charge in [0.1, 0.15) is 16.9 Å². The number of phenolic OH excluding ortho intramolecular Hbond substituents is 1. The van der Waals surface area contributed by atoms with Crippen molar-refractivity contribution in [1.29, 1.82) is 0 Å². The normalized spacial score (nSPS) is 17.4. The average molecular weight is 417 g/mol. The van der Waals surface area contributed by atoms with Gasteiger partial charge in [0.2, 0.25) is 0 Å². The van der Waals surface area contributed by atoms with Gasteiger partial charge in [0.05, 0.1) is 11.1 Å². The van der Waals surface area contributed by atoms with E-state index in [0.29, 0.717) is 45.8 Å². The van der Waals surface area contributed by atoms with E-state index in [1.165, 1.54) is 12.5 Å². The largest absolute Gasteiger partial charge is 0.507 e. The van der Waals surface area contributed by atoms with Gasteiger partial charge in [-0.15, -0.1) is 0 Å². The third kappa shape index (κ3) is 3.53. The number of likely N-dealkylation sites (tertiary alicyclic amines) is 1. The highest BCUT2D eigenvalue weighted by Gasteiger charge is 2.23. The van der Waals surface area contributed by atoms with Crippen molar-refractivity contribution in [2.75, 3.05) is 6.54 Å². The highest BCUT2D eigenvalue weighted by atomic mass is 16.4. The predicted octanol–water partition coefficient (Wildman–Crippen LogP) is 4.65. The fourth-order valence-electron chi connectivity index (χ4n) is 4.49. The molecule has 31 heavy (non-hydrogen) atoms. The Bertz CT molecular complexity index is 1400. The Morgan fingerprint density at radius 2 is 1.87 bits per heavy atom. The third-order valence-electron chi connectivity index (χ3n) is 6.22. The van der Waals surface area contributed by atoms with Crippen LogP contribution in [0, 0.1) is 0 Å². The maximum atomic E-state index is 12.7. The van der Waals surface area contributed by atoms with E-state index in [9.17, 15) is 14.7 Å². The van der Waals surface area contributed by atoms with Crippen molar-refractivity contribution in [2.24, 2.45) is 0 Å². The minimum atomic E-state index is -0.575. The number of benzene rings is 2. The second kappa shape index (κ2) is 7.71. The molecule has 5 rings (SSSR count). The molecule has 0 radical (unpaired) electrons. The van der Waals surface area contributed by atoms with E-state index in [2.05, 4.69) is 11.8 Å². The molecule has 0 aliphatic carbocycles. The molecule has 4 aromatic rings. The molecule has 6 heteroatoms. The number of hydrogen-bond acceptors (Lipinski definition) is 6. The fraction of sp³-hybridized carbons (Fsp3) is 0.280. The number of rotatable bonds is 3. The number of hydrogen-bond donors (Lipinski definition) is 1. The van der Waals surface area contributed by atoms with Gasteiger partial charge < -0.3 is 13.9 Å². The monoisotopic (exact) mass is 417 g/mol. The zero-order chi connectivity index (χ0) is 21.5. The lowest BCUT2D eigenvalue weighted by Gasteiger charge is -2.33. The first-order valence-electron chi connectivity index (χ1n) is 10.6. The molecule has 1 aliphatic rings. The SMILES string of the molecule is C[C@@H]1CCCCN1Cc1c(O)ccc2c(-c3cc4ccccc4oc3=O)cc(=O)oc12. The van der Waals surface area contributed by atoms with E-state index in [4.69, 9.17) is 8.83 Å². The number of nitrogens with zero attached hydrogens (tertiary/aromatic N) is 1. The van der Waals surface area contributed by atoms with Crippen LogP contribution in [0.25, 0.3) is 33.1 Å². The molecule has 2 aromatic heterocycles. The molecule has 1 saturated heterocycles. The average Bonchev–Trinajstić information content (AvgIpc) is 2.76. The van der Waals surface area contributed by atoms with E-state index >= 15 is 0 Å². The quantitative estimate of drug-likeness (QED) is 0.489. The first kappa shape index (κ1) is 19.6. The van der Waals surface area contributed by atoms with Crippen LogP contribution in [0.4, 0.5) is 0 Å². The molecule has 1 fully saturated rings.